The van der Waals surface area contributed by atoms with Crippen molar-refractivity contribution >= 4 is 5.97 Å². The Morgan fingerprint density at radius 1 is 0.571 bits per heavy atom. The van der Waals surface area contributed by atoms with Gasteiger partial charge in [0.15, 0.2) is 0 Å². The topological polar surface area (TPSA) is 37.3 Å². The van der Waals surface area contributed by atoms with Gasteiger partial charge in [0, 0.05) is 6.42 Å². The zero-order valence-corrected chi connectivity index (χ0v) is 18.3. The van der Waals surface area contributed by atoms with E-state index < -0.39 is 5.97 Å². The van der Waals surface area contributed by atoms with Crippen molar-refractivity contribution in [3.8, 4) is 0 Å². The summed E-state index contributed by atoms with van der Waals surface area (Å²) in [4.78, 5) is 10.4. The van der Waals surface area contributed by atoms with E-state index >= 15 is 0 Å². The average molecular weight is 389 g/mol. The predicted molar refractivity (Wildman–Crippen MR) is 124 cm³/mol. The molecule has 0 atom stereocenters. The normalized spacial score (nSPS) is 12.3. The van der Waals surface area contributed by atoms with Crippen molar-refractivity contribution in [1.82, 2.24) is 0 Å². The average Bonchev–Trinajstić information content (AvgIpc) is 2.68. The summed E-state index contributed by atoms with van der Waals surface area (Å²) in [6, 6.07) is 0. The van der Waals surface area contributed by atoms with Crippen LogP contribution in [0.3, 0.4) is 0 Å². The smallest absolute Gasteiger partial charge is 0.303 e. The number of allylic oxidation sites excluding steroid dienone is 8. The summed E-state index contributed by atoms with van der Waals surface area (Å²) in [5, 5.41) is 8.57. The second-order valence-corrected chi connectivity index (χ2v) is 7.47. The number of aliphatic carboxylic acids is 1. The van der Waals surface area contributed by atoms with Gasteiger partial charge in [0.25, 0.3) is 0 Å². The largest absolute Gasteiger partial charge is 0.481 e. The molecule has 0 bridgehead atoms. The number of hydrogen-bond donors (Lipinski definition) is 1. The lowest BCUT2D eigenvalue weighted by molar-refractivity contribution is -0.137. The van der Waals surface area contributed by atoms with Crippen LogP contribution in [0.25, 0.3) is 0 Å². The number of carboxylic acid groups (broad SMARTS) is 1. The van der Waals surface area contributed by atoms with E-state index in [-0.39, 0.29) is 0 Å². The van der Waals surface area contributed by atoms with Crippen molar-refractivity contribution in [3.05, 3.63) is 48.6 Å². The van der Waals surface area contributed by atoms with Crippen LogP contribution >= 0.6 is 0 Å². The van der Waals surface area contributed by atoms with Crippen molar-refractivity contribution < 1.29 is 9.90 Å². The number of hydrogen-bond acceptors (Lipinski definition) is 1. The lowest BCUT2D eigenvalue weighted by Gasteiger charge is -2.01. The Balaban J connectivity index is 3.24. The van der Waals surface area contributed by atoms with Gasteiger partial charge in [0.2, 0.25) is 0 Å². The fourth-order valence-electron chi connectivity index (χ4n) is 3.05. The summed E-state index contributed by atoms with van der Waals surface area (Å²) >= 11 is 0. The van der Waals surface area contributed by atoms with Gasteiger partial charge >= 0.3 is 5.97 Å². The number of carbonyl (C=O) groups is 1. The molecule has 2 heteroatoms. The quantitative estimate of drug-likeness (QED) is 0.167. The highest BCUT2D eigenvalue weighted by Gasteiger charge is 1.96. The van der Waals surface area contributed by atoms with Crippen molar-refractivity contribution in [2.75, 3.05) is 0 Å². The molecule has 28 heavy (non-hydrogen) atoms. The molecule has 0 amide bonds. The summed E-state index contributed by atoms with van der Waals surface area (Å²) < 4.78 is 0. The van der Waals surface area contributed by atoms with Crippen LogP contribution in [0.4, 0.5) is 0 Å². The third-order valence-electron chi connectivity index (χ3n) is 4.73. The maximum absolute atomic E-state index is 10.4. The highest BCUT2D eigenvalue weighted by molar-refractivity contribution is 5.66. The van der Waals surface area contributed by atoms with Crippen molar-refractivity contribution in [2.24, 2.45) is 0 Å². The van der Waals surface area contributed by atoms with Gasteiger partial charge in [-0.3, -0.25) is 4.79 Å². The van der Waals surface area contributed by atoms with Gasteiger partial charge in [0.05, 0.1) is 0 Å². The van der Waals surface area contributed by atoms with E-state index in [0.717, 1.165) is 38.5 Å². The second kappa shape index (κ2) is 23.5. The molecule has 0 spiro atoms. The molecule has 0 aromatic carbocycles. The van der Waals surface area contributed by atoms with Gasteiger partial charge in [0.1, 0.15) is 0 Å². The molecule has 1 N–H and O–H groups in total. The second-order valence-electron chi connectivity index (χ2n) is 7.47. The maximum Gasteiger partial charge on any atom is 0.303 e. The third kappa shape index (κ3) is 24.4. The first-order chi connectivity index (χ1) is 13.8. The Morgan fingerprint density at radius 2 is 0.964 bits per heavy atom. The zero-order valence-electron chi connectivity index (χ0n) is 18.3. The maximum atomic E-state index is 10.4. The first kappa shape index (κ1) is 26.4. The Morgan fingerprint density at radius 3 is 1.43 bits per heavy atom. The Hall–Kier alpha value is -1.57. The van der Waals surface area contributed by atoms with E-state index in [1.165, 1.54) is 57.8 Å². The van der Waals surface area contributed by atoms with E-state index in [1.807, 2.05) is 0 Å². The molecule has 0 saturated heterocycles. The van der Waals surface area contributed by atoms with Crippen LogP contribution in [-0.4, -0.2) is 11.1 Å². The molecule has 160 valence electrons. The van der Waals surface area contributed by atoms with E-state index in [2.05, 4.69) is 55.5 Å². The summed E-state index contributed by atoms with van der Waals surface area (Å²) in [5.74, 6) is -0.662. The van der Waals surface area contributed by atoms with Crippen LogP contribution in [0.5, 0.6) is 0 Å². The van der Waals surface area contributed by atoms with Gasteiger partial charge in [-0.2, -0.15) is 0 Å². The molecule has 0 unspecified atom stereocenters. The standard InChI is InChI=1S/C26H44O2/c1-2-3-4-5-6-7-8-9-10-11-12-13-14-15-16-17-18-19-20-21-22-23-24-25-26(27)28/h3-4,6-7,9-10,12-13H,2,5,8,11,14-25H2,1H3,(H,27,28)/b4-3-,7-6-,10-9-,13-12-. The van der Waals surface area contributed by atoms with Crippen LogP contribution in [0.1, 0.15) is 110 Å². The van der Waals surface area contributed by atoms with Crippen LogP contribution in [-0.2, 0) is 4.79 Å². The summed E-state index contributed by atoms with van der Waals surface area (Å²) in [5.41, 5.74) is 0. The SMILES string of the molecule is CC/C=C\C/C=C\C/C=C\C/C=C\CCCCCCCCCCCCC(=O)O. The molecule has 0 saturated carbocycles. The minimum atomic E-state index is -0.662. The van der Waals surface area contributed by atoms with Gasteiger partial charge in [-0.15, -0.1) is 0 Å². The minimum Gasteiger partial charge on any atom is -0.481 e. The Bertz CT molecular complexity index is 443. The number of carboxylic acids is 1. The lowest BCUT2D eigenvalue weighted by atomic mass is 10.1. The van der Waals surface area contributed by atoms with Crippen molar-refractivity contribution in [3.63, 3.8) is 0 Å². The first-order valence-electron chi connectivity index (χ1n) is 11.6. The Labute approximate surface area is 174 Å². The zero-order chi connectivity index (χ0) is 20.5. The fraction of sp³-hybridized carbons (Fsp3) is 0.654. The first-order valence-corrected chi connectivity index (χ1v) is 11.6. The van der Waals surface area contributed by atoms with Gasteiger partial charge in [-0.05, 0) is 44.9 Å². The molecule has 0 aliphatic rings. The Kier molecular flexibility index (Phi) is 22.2. The third-order valence-corrected chi connectivity index (χ3v) is 4.73. The number of rotatable bonds is 20. The number of unbranched alkanes of at least 4 members (excludes halogenated alkanes) is 10. The highest BCUT2D eigenvalue weighted by Crippen LogP contribution is 2.12. The summed E-state index contributed by atoms with van der Waals surface area (Å²) in [7, 11) is 0. The van der Waals surface area contributed by atoms with Gasteiger partial charge in [-0.1, -0.05) is 107 Å². The van der Waals surface area contributed by atoms with Crippen LogP contribution in [0.2, 0.25) is 0 Å². The summed E-state index contributed by atoms with van der Waals surface area (Å²) in [6.45, 7) is 2.16. The monoisotopic (exact) mass is 388 g/mol. The van der Waals surface area contributed by atoms with Crippen molar-refractivity contribution in [1.29, 1.82) is 0 Å². The van der Waals surface area contributed by atoms with Crippen LogP contribution in [0.15, 0.2) is 48.6 Å². The lowest BCUT2D eigenvalue weighted by Crippen LogP contribution is -1.93. The molecule has 0 aliphatic heterocycles. The van der Waals surface area contributed by atoms with Crippen LogP contribution in [0, 0.1) is 0 Å². The fourth-order valence-corrected chi connectivity index (χ4v) is 3.05. The molecule has 0 heterocycles. The molecule has 0 aromatic heterocycles. The molecular formula is C26H44O2. The highest BCUT2D eigenvalue weighted by atomic mass is 16.4. The van der Waals surface area contributed by atoms with E-state index in [9.17, 15) is 4.79 Å². The van der Waals surface area contributed by atoms with E-state index in [4.69, 9.17) is 5.11 Å². The predicted octanol–water partition coefficient (Wildman–Crippen LogP) is 8.56. The summed E-state index contributed by atoms with van der Waals surface area (Å²) in [6.07, 6.45) is 36.2. The molecule has 0 fully saturated rings. The molecule has 2 nitrogen and oxygen atoms in total. The molecule has 0 aliphatic carbocycles. The molecule has 0 aromatic rings. The molecule has 0 rings (SSSR count). The molecule has 0 radical (unpaired) electrons. The van der Waals surface area contributed by atoms with E-state index in [0.29, 0.717) is 6.42 Å². The minimum absolute atomic E-state index is 0.333. The van der Waals surface area contributed by atoms with E-state index in [1.54, 1.807) is 0 Å². The van der Waals surface area contributed by atoms with Gasteiger partial charge < -0.3 is 5.11 Å². The van der Waals surface area contributed by atoms with Crippen molar-refractivity contribution in [2.45, 2.75) is 110 Å². The van der Waals surface area contributed by atoms with Gasteiger partial charge in [-0.25, -0.2) is 0 Å². The molecular weight excluding hydrogens is 344 g/mol. The van der Waals surface area contributed by atoms with Crippen LogP contribution < -0.4 is 0 Å².